The molecule has 1 aliphatic heterocycles. The van der Waals surface area contributed by atoms with Gasteiger partial charge in [-0.1, -0.05) is 13.8 Å². The fraction of sp³-hybridized carbons (Fsp3) is 0.722. The summed E-state index contributed by atoms with van der Waals surface area (Å²) in [7, 11) is 4.12. The van der Waals surface area contributed by atoms with Crippen LogP contribution in [0.15, 0.2) is 27.8 Å². The van der Waals surface area contributed by atoms with Crippen LogP contribution in [0.4, 0.5) is 0 Å². The van der Waals surface area contributed by atoms with E-state index in [0.717, 1.165) is 24.8 Å². The Morgan fingerprint density at radius 1 is 1.39 bits per heavy atom. The number of likely N-dealkylation sites (tertiary alicyclic amines) is 1. The quantitative estimate of drug-likeness (QED) is 0.669. The summed E-state index contributed by atoms with van der Waals surface area (Å²) in [5.41, 5.74) is 0.400. The van der Waals surface area contributed by atoms with Crippen molar-refractivity contribution in [3.63, 3.8) is 0 Å². The Morgan fingerprint density at radius 3 is 2.52 bits per heavy atom. The fourth-order valence-electron chi connectivity index (χ4n) is 2.96. The van der Waals surface area contributed by atoms with Gasteiger partial charge in [0, 0.05) is 24.0 Å². The van der Waals surface area contributed by atoms with E-state index in [1.54, 1.807) is 6.26 Å². The Balaban J connectivity index is 2.16. The Bertz CT molecular complexity index is 531. The summed E-state index contributed by atoms with van der Waals surface area (Å²) >= 11 is 0. The highest BCUT2D eigenvalue weighted by molar-refractivity contribution is 5.82. The van der Waals surface area contributed by atoms with Gasteiger partial charge in [-0.25, -0.2) is 0 Å². The molecule has 5 nitrogen and oxygen atoms in total. The lowest BCUT2D eigenvalue weighted by atomic mass is 9.65. The summed E-state index contributed by atoms with van der Waals surface area (Å²) in [6.45, 7) is 13.9. The minimum atomic E-state index is 0.103. The van der Waals surface area contributed by atoms with E-state index in [0.29, 0.717) is 12.0 Å². The summed E-state index contributed by atoms with van der Waals surface area (Å²) in [5, 5.41) is 3.44. The van der Waals surface area contributed by atoms with E-state index in [4.69, 9.17) is 9.41 Å². The first-order valence-corrected chi connectivity index (χ1v) is 8.46. The van der Waals surface area contributed by atoms with Crippen LogP contribution in [0.25, 0.3) is 0 Å². The molecule has 1 saturated heterocycles. The Hall–Kier alpha value is -1.49. The molecule has 1 N–H and O–H groups in total. The third-order valence-corrected chi connectivity index (χ3v) is 5.38. The third kappa shape index (κ3) is 3.39. The van der Waals surface area contributed by atoms with E-state index in [-0.39, 0.29) is 11.6 Å². The number of hydrogen-bond donors (Lipinski definition) is 1. The molecule has 0 aliphatic carbocycles. The lowest BCUT2D eigenvalue weighted by Crippen LogP contribution is -2.72. The zero-order valence-electron chi connectivity index (χ0n) is 15.7. The molecule has 5 heteroatoms. The van der Waals surface area contributed by atoms with Crippen molar-refractivity contribution in [1.82, 2.24) is 15.1 Å². The SMILES string of the molecule is CCNC(=NCC(c1ccco1)N(C)C)N1CC(C)(C)C1(C)C. The maximum Gasteiger partial charge on any atom is 0.194 e. The molecule has 1 atom stereocenters. The first-order chi connectivity index (χ1) is 10.7. The second kappa shape index (κ2) is 6.56. The number of furan rings is 1. The summed E-state index contributed by atoms with van der Waals surface area (Å²) in [5.74, 6) is 1.95. The van der Waals surface area contributed by atoms with Gasteiger partial charge < -0.3 is 14.6 Å². The summed E-state index contributed by atoms with van der Waals surface area (Å²) in [6.07, 6.45) is 1.72. The number of nitrogens with zero attached hydrogens (tertiary/aromatic N) is 3. The second-order valence-corrected chi connectivity index (χ2v) is 7.72. The number of likely N-dealkylation sites (N-methyl/N-ethyl adjacent to an activating group) is 1. The predicted octanol–water partition coefficient (Wildman–Crippen LogP) is 2.97. The van der Waals surface area contributed by atoms with Crippen molar-refractivity contribution in [2.45, 2.75) is 46.2 Å². The maximum atomic E-state index is 5.58. The average Bonchev–Trinajstić information content (AvgIpc) is 2.97. The highest BCUT2D eigenvalue weighted by Gasteiger charge is 2.53. The zero-order valence-corrected chi connectivity index (χ0v) is 15.7. The van der Waals surface area contributed by atoms with Crippen LogP contribution in [-0.2, 0) is 0 Å². The molecule has 0 radical (unpaired) electrons. The molecular formula is C18H32N4O. The molecule has 0 saturated carbocycles. The number of aliphatic imine (C=N–C) groups is 1. The van der Waals surface area contributed by atoms with E-state index < -0.39 is 0 Å². The van der Waals surface area contributed by atoms with Crippen LogP contribution in [-0.4, -0.2) is 55.0 Å². The van der Waals surface area contributed by atoms with Crippen LogP contribution in [0.1, 0.15) is 46.4 Å². The average molecular weight is 320 g/mol. The van der Waals surface area contributed by atoms with Crippen molar-refractivity contribution in [3.05, 3.63) is 24.2 Å². The van der Waals surface area contributed by atoms with Crippen molar-refractivity contribution >= 4 is 5.96 Å². The van der Waals surface area contributed by atoms with Gasteiger partial charge in [-0.2, -0.15) is 0 Å². The lowest BCUT2D eigenvalue weighted by Gasteiger charge is -2.62. The molecule has 0 bridgehead atoms. The van der Waals surface area contributed by atoms with Crippen molar-refractivity contribution in [3.8, 4) is 0 Å². The third-order valence-electron chi connectivity index (χ3n) is 5.38. The fourth-order valence-corrected chi connectivity index (χ4v) is 2.96. The zero-order chi connectivity index (χ0) is 17.3. The number of guanidine groups is 1. The Labute approximate surface area is 140 Å². The van der Waals surface area contributed by atoms with E-state index in [2.05, 4.69) is 63.8 Å². The molecule has 1 unspecified atom stereocenters. The first-order valence-electron chi connectivity index (χ1n) is 8.46. The summed E-state index contributed by atoms with van der Waals surface area (Å²) in [6, 6.07) is 4.10. The highest BCUT2D eigenvalue weighted by Crippen LogP contribution is 2.46. The molecule has 130 valence electrons. The summed E-state index contributed by atoms with van der Waals surface area (Å²) < 4.78 is 5.58. The van der Waals surface area contributed by atoms with Crippen LogP contribution in [0.2, 0.25) is 0 Å². The van der Waals surface area contributed by atoms with Gasteiger partial charge in [0.05, 0.1) is 18.8 Å². The van der Waals surface area contributed by atoms with E-state index in [1.807, 2.05) is 12.1 Å². The van der Waals surface area contributed by atoms with Gasteiger partial charge in [-0.3, -0.25) is 9.89 Å². The number of hydrogen-bond acceptors (Lipinski definition) is 3. The first kappa shape index (κ1) is 17.9. The standard InChI is InChI=1S/C18H32N4O/c1-8-19-16(22-13-17(2,3)18(22,4)5)20-12-14(21(6)7)15-10-9-11-23-15/h9-11,14H,8,12-13H2,1-7H3,(H,19,20). The molecule has 1 aromatic heterocycles. The lowest BCUT2D eigenvalue weighted by molar-refractivity contribution is -0.0668. The molecule has 1 aromatic rings. The highest BCUT2D eigenvalue weighted by atomic mass is 16.3. The largest absolute Gasteiger partial charge is 0.468 e. The van der Waals surface area contributed by atoms with Gasteiger partial charge in [-0.15, -0.1) is 0 Å². The predicted molar refractivity (Wildman–Crippen MR) is 95.7 cm³/mol. The Morgan fingerprint density at radius 2 is 2.09 bits per heavy atom. The van der Waals surface area contributed by atoms with Gasteiger partial charge in [0.25, 0.3) is 0 Å². The topological polar surface area (TPSA) is 44.0 Å². The van der Waals surface area contributed by atoms with Crippen LogP contribution in [0.5, 0.6) is 0 Å². The minimum Gasteiger partial charge on any atom is -0.468 e. The van der Waals surface area contributed by atoms with Crippen LogP contribution >= 0.6 is 0 Å². The van der Waals surface area contributed by atoms with E-state index in [1.165, 1.54) is 0 Å². The van der Waals surface area contributed by atoms with Gasteiger partial charge in [0.15, 0.2) is 5.96 Å². The molecule has 2 rings (SSSR count). The Kier molecular flexibility index (Phi) is 5.09. The van der Waals surface area contributed by atoms with Gasteiger partial charge in [0.2, 0.25) is 0 Å². The van der Waals surface area contributed by atoms with Crippen LogP contribution < -0.4 is 5.32 Å². The molecule has 0 spiro atoms. The number of rotatable bonds is 5. The van der Waals surface area contributed by atoms with Crippen LogP contribution in [0.3, 0.4) is 0 Å². The maximum absolute atomic E-state index is 5.58. The van der Waals surface area contributed by atoms with Crippen molar-refractivity contribution < 1.29 is 4.42 Å². The monoisotopic (exact) mass is 320 g/mol. The normalized spacial score (nSPS) is 21.2. The minimum absolute atomic E-state index is 0.103. The molecule has 2 heterocycles. The molecule has 1 fully saturated rings. The van der Waals surface area contributed by atoms with Crippen molar-refractivity contribution in [2.24, 2.45) is 10.4 Å². The molecule has 1 aliphatic rings. The molecular weight excluding hydrogens is 288 g/mol. The molecule has 23 heavy (non-hydrogen) atoms. The van der Waals surface area contributed by atoms with Gasteiger partial charge in [0.1, 0.15) is 5.76 Å². The molecule has 0 aromatic carbocycles. The van der Waals surface area contributed by atoms with Crippen molar-refractivity contribution in [2.75, 3.05) is 33.7 Å². The smallest absolute Gasteiger partial charge is 0.194 e. The number of nitrogens with one attached hydrogen (secondary N) is 1. The van der Waals surface area contributed by atoms with Crippen molar-refractivity contribution in [1.29, 1.82) is 0 Å². The van der Waals surface area contributed by atoms with Gasteiger partial charge in [-0.05, 0) is 47.0 Å². The van der Waals surface area contributed by atoms with E-state index >= 15 is 0 Å². The van der Waals surface area contributed by atoms with Gasteiger partial charge >= 0.3 is 0 Å². The summed E-state index contributed by atoms with van der Waals surface area (Å²) in [4.78, 5) is 9.43. The van der Waals surface area contributed by atoms with E-state index in [9.17, 15) is 0 Å². The van der Waals surface area contributed by atoms with Crippen LogP contribution in [0, 0.1) is 5.41 Å². The molecule has 0 amide bonds. The second-order valence-electron chi connectivity index (χ2n) is 7.72.